The number of benzene rings is 1. The molecule has 0 N–H and O–H groups in total. The minimum absolute atomic E-state index is 0.112. The van der Waals surface area contributed by atoms with Crippen molar-refractivity contribution in [1.82, 2.24) is 9.55 Å². The molecule has 1 aromatic heterocycles. The van der Waals surface area contributed by atoms with E-state index in [1.54, 1.807) is 6.92 Å². The van der Waals surface area contributed by atoms with E-state index in [0.717, 1.165) is 11.0 Å². The third-order valence-electron chi connectivity index (χ3n) is 3.11. The zero-order chi connectivity index (χ0) is 14.0. The number of sulfone groups is 1. The van der Waals surface area contributed by atoms with Crippen molar-refractivity contribution in [3.05, 3.63) is 30.1 Å². The molecule has 0 bridgehead atoms. The van der Waals surface area contributed by atoms with Crippen molar-refractivity contribution in [2.45, 2.75) is 25.8 Å². The molecular formula is C13H17ClN2O2S. The zero-order valence-electron chi connectivity index (χ0n) is 11.0. The fraction of sp³-hybridized carbons (Fsp3) is 0.462. The molecule has 1 heterocycles. The van der Waals surface area contributed by atoms with Crippen molar-refractivity contribution in [1.29, 1.82) is 0 Å². The molecule has 1 atom stereocenters. The minimum atomic E-state index is -3.00. The number of aromatic nitrogens is 2. The number of fused-ring (bicyclic) bond motifs is 1. The third-order valence-corrected chi connectivity index (χ3v) is 4.99. The fourth-order valence-electron chi connectivity index (χ4n) is 2.01. The average molecular weight is 301 g/mol. The van der Waals surface area contributed by atoms with E-state index in [1.807, 2.05) is 35.8 Å². The second kappa shape index (κ2) is 5.51. The van der Waals surface area contributed by atoms with Gasteiger partial charge in [-0.1, -0.05) is 19.1 Å². The number of rotatable bonds is 5. The molecule has 6 heteroatoms. The van der Waals surface area contributed by atoms with Crippen LogP contribution in [0.2, 0.25) is 0 Å². The SMILES string of the molecule is CCS(=O)(=O)CCn1c(C(C)Cl)nc2ccccc21. The van der Waals surface area contributed by atoms with Crippen molar-refractivity contribution in [3.63, 3.8) is 0 Å². The van der Waals surface area contributed by atoms with Crippen LogP contribution in [-0.4, -0.2) is 29.5 Å². The number of halogens is 1. The smallest absolute Gasteiger partial charge is 0.151 e. The topological polar surface area (TPSA) is 52.0 Å². The average Bonchev–Trinajstić information content (AvgIpc) is 2.75. The van der Waals surface area contributed by atoms with Crippen LogP contribution < -0.4 is 0 Å². The lowest BCUT2D eigenvalue weighted by Gasteiger charge is -2.10. The van der Waals surface area contributed by atoms with Crippen LogP contribution in [0.25, 0.3) is 11.0 Å². The van der Waals surface area contributed by atoms with E-state index in [2.05, 4.69) is 4.98 Å². The summed E-state index contributed by atoms with van der Waals surface area (Å²) >= 11 is 6.13. The number of aryl methyl sites for hydroxylation is 1. The monoisotopic (exact) mass is 300 g/mol. The summed E-state index contributed by atoms with van der Waals surface area (Å²) in [4.78, 5) is 4.47. The zero-order valence-corrected chi connectivity index (χ0v) is 12.6. The van der Waals surface area contributed by atoms with Crippen molar-refractivity contribution in [2.24, 2.45) is 0 Å². The Kier molecular flexibility index (Phi) is 4.16. The Bertz CT molecular complexity index is 677. The molecule has 0 radical (unpaired) electrons. The fourth-order valence-corrected chi connectivity index (χ4v) is 2.92. The van der Waals surface area contributed by atoms with Crippen LogP contribution in [0.3, 0.4) is 0 Å². The highest BCUT2D eigenvalue weighted by Crippen LogP contribution is 2.24. The lowest BCUT2D eigenvalue weighted by atomic mass is 10.3. The molecule has 0 saturated carbocycles. The van der Waals surface area contributed by atoms with Gasteiger partial charge in [-0.05, 0) is 19.1 Å². The van der Waals surface area contributed by atoms with Crippen molar-refractivity contribution in [3.8, 4) is 0 Å². The van der Waals surface area contributed by atoms with Crippen LogP contribution in [0, 0.1) is 0 Å². The quantitative estimate of drug-likeness (QED) is 0.798. The van der Waals surface area contributed by atoms with Gasteiger partial charge in [0.05, 0.1) is 22.2 Å². The lowest BCUT2D eigenvalue weighted by molar-refractivity contribution is 0.589. The maximum Gasteiger partial charge on any atom is 0.151 e. The van der Waals surface area contributed by atoms with Gasteiger partial charge in [0.2, 0.25) is 0 Å². The summed E-state index contributed by atoms with van der Waals surface area (Å²) in [6.45, 7) is 3.89. The molecule has 4 nitrogen and oxygen atoms in total. The molecule has 19 heavy (non-hydrogen) atoms. The molecule has 104 valence electrons. The van der Waals surface area contributed by atoms with Gasteiger partial charge in [-0.3, -0.25) is 0 Å². The van der Waals surface area contributed by atoms with Gasteiger partial charge in [0, 0.05) is 12.3 Å². The number of hydrogen-bond acceptors (Lipinski definition) is 3. The van der Waals surface area contributed by atoms with E-state index in [0.29, 0.717) is 12.4 Å². The van der Waals surface area contributed by atoms with Gasteiger partial charge in [-0.2, -0.15) is 0 Å². The highest BCUT2D eigenvalue weighted by molar-refractivity contribution is 7.91. The van der Waals surface area contributed by atoms with E-state index >= 15 is 0 Å². The van der Waals surface area contributed by atoms with E-state index in [-0.39, 0.29) is 16.9 Å². The standard InChI is InChI=1S/C13H17ClN2O2S/c1-3-19(17,18)9-8-16-12-7-5-4-6-11(12)15-13(16)10(2)14/h4-7,10H,3,8-9H2,1-2H3. The maximum atomic E-state index is 11.6. The molecular weight excluding hydrogens is 284 g/mol. The minimum Gasteiger partial charge on any atom is -0.326 e. The van der Waals surface area contributed by atoms with Gasteiger partial charge >= 0.3 is 0 Å². The first-order chi connectivity index (χ1) is 8.94. The predicted molar refractivity (Wildman–Crippen MR) is 78.3 cm³/mol. The van der Waals surface area contributed by atoms with E-state index in [4.69, 9.17) is 11.6 Å². The van der Waals surface area contributed by atoms with Gasteiger partial charge in [-0.25, -0.2) is 13.4 Å². The highest BCUT2D eigenvalue weighted by atomic mass is 35.5. The molecule has 2 aromatic rings. The van der Waals surface area contributed by atoms with Crippen LogP contribution in [0.4, 0.5) is 0 Å². The number of hydrogen-bond donors (Lipinski definition) is 0. The summed E-state index contributed by atoms with van der Waals surface area (Å²) in [5.74, 6) is 0.987. The maximum absolute atomic E-state index is 11.6. The van der Waals surface area contributed by atoms with Crippen molar-refractivity contribution >= 4 is 32.5 Å². The Hall–Kier alpha value is -1.07. The first-order valence-electron chi connectivity index (χ1n) is 6.24. The molecule has 0 amide bonds. The number of imidazole rings is 1. The molecule has 0 saturated heterocycles. The molecule has 0 aliphatic carbocycles. The number of alkyl halides is 1. The van der Waals surface area contributed by atoms with Crippen LogP contribution >= 0.6 is 11.6 Å². The van der Waals surface area contributed by atoms with Crippen molar-refractivity contribution in [2.75, 3.05) is 11.5 Å². The van der Waals surface area contributed by atoms with E-state index < -0.39 is 9.84 Å². The van der Waals surface area contributed by atoms with Gasteiger partial charge < -0.3 is 4.57 Å². The molecule has 1 unspecified atom stereocenters. The van der Waals surface area contributed by atoms with Gasteiger partial charge in [0.15, 0.2) is 9.84 Å². The van der Waals surface area contributed by atoms with Gasteiger partial charge in [0.25, 0.3) is 0 Å². The summed E-state index contributed by atoms with van der Waals surface area (Å²) in [7, 11) is -3.00. The lowest BCUT2D eigenvalue weighted by Crippen LogP contribution is -2.16. The Morgan fingerprint density at radius 2 is 2.05 bits per heavy atom. The largest absolute Gasteiger partial charge is 0.326 e. The predicted octanol–water partition coefficient (Wildman–Crippen LogP) is 2.77. The Morgan fingerprint density at radius 1 is 1.37 bits per heavy atom. The van der Waals surface area contributed by atoms with E-state index in [1.165, 1.54) is 0 Å². The Balaban J connectivity index is 2.42. The third kappa shape index (κ3) is 3.09. The number of nitrogens with zero attached hydrogens (tertiary/aromatic N) is 2. The molecule has 0 fully saturated rings. The van der Waals surface area contributed by atoms with Gasteiger partial charge in [0.1, 0.15) is 5.82 Å². The summed E-state index contributed by atoms with van der Waals surface area (Å²) in [5.41, 5.74) is 1.77. The summed E-state index contributed by atoms with van der Waals surface area (Å²) in [6.07, 6.45) is 0. The molecule has 0 aliphatic rings. The van der Waals surface area contributed by atoms with Crippen LogP contribution in [0.5, 0.6) is 0 Å². The second-order valence-electron chi connectivity index (χ2n) is 4.46. The first-order valence-corrected chi connectivity index (χ1v) is 8.50. The Morgan fingerprint density at radius 3 is 2.68 bits per heavy atom. The molecule has 0 aliphatic heterocycles. The Labute approximate surface area is 118 Å². The number of para-hydroxylation sites is 2. The van der Waals surface area contributed by atoms with Crippen molar-refractivity contribution < 1.29 is 8.42 Å². The van der Waals surface area contributed by atoms with Gasteiger partial charge in [-0.15, -0.1) is 11.6 Å². The van der Waals surface area contributed by atoms with Crippen LogP contribution in [0.1, 0.15) is 25.0 Å². The van der Waals surface area contributed by atoms with E-state index in [9.17, 15) is 8.42 Å². The summed E-state index contributed by atoms with van der Waals surface area (Å²) in [5, 5.41) is -0.253. The van der Waals surface area contributed by atoms with Crippen LogP contribution in [0.15, 0.2) is 24.3 Å². The second-order valence-corrected chi connectivity index (χ2v) is 7.59. The summed E-state index contributed by atoms with van der Waals surface area (Å²) < 4.78 is 25.2. The summed E-state index contributed by atoms with van der Waals surface area (Å²) in [6, 6.07) is 7.66. The molecule has 1 aromatic carbocycles. The first kappa shape index (κ1) is 14.3. The van der Waals surface area contributed by atoms with Crippen LogP contribution in [-0.2, 0) is 16.4 Å². The molecule has 0 spiro atoms. The highest BCUT2D eigenvalue weighted by Gasteiger charge is 2.16. The molecule has 2 rings (SSSR count). The normalized spacial score (nSPS) is 13.8.